The van der Waals surface area contributed by atoms with Crippen molar-refractivity contribution in [3.05, 3.63) is 30.6 Å². The molecule has 4 N–H and O–H groups in total. The average Bonchev–Trinajstić information content (AvgIpc) is 2.77. The van der Waals surface area contributed by atoms with Crippen LogP contribution in [0.2, 0.25) is 0 Å². The van der Waals surface area contributed by atoms with Crippen LogP contribution < -0.4 is 16.6 Å². The highest BCUT2D eigenvalue weighted by molar-refractivity contribution is 5.94. The van der Waals surface area contributed by atoms with Gasteiger partial charge >= 0.3 is 5.91 Å². The third kappa shape index (κ3) is 4.69. The van der Waals surface area contributed by atoms with Crippen LogP contribution in [0.4, 0.5) is 0 Å². The van der Waals surface area contributed by atoms with Crippen molar-refractivity contribution in [1.29, 1.82) is 0 Å². The largest absolute Gasteiger partial charge is 0.459 e. The van der Waals surface area contributed by atoms with Crippen molar-refractivity contribution in [1.82, 2.24) is 10.9 Å². The number of amides is 3. The summed E-state index contributed by atoms with van der Waals surface area (Å²) in [5.74, 6) is -1.80. The predicted molar refractivity (Wildman–Crippen MR) is 61.6 cm³/mol. The summed E-state index contributed by atoms with van der Waals surface area (Å²) in [6.07, 6.45) is 2.67. The molecule has 0 aromatic carbocycles. The first-order valence-corrected chi connectivity index (χ1v) is 5.26. The fourth-order valence-corrected chi connectivity index (χ4v) is 1.26. The van der Waals surface area contributed by atoms with Gasteiger partial charge in [-0.3, -0.25) is 25.2 Å². The number of hydrogen-bond donors (Lipinski definition) is 3. The Kier molecular flexibility index (Phi) is 4.91. The minimum Gasteiger partial charge on any atom is -0.459 e. The predicted octanol–water partition coefficient (Wildman–Crippen LogP) is -0.244. The second-order valence-electron chi connectivity index (χ2n) is 3.74. The Hall–Kier alpha value is -2.31. The van der Waals surface area contributed by atoms with Gasteiger partial charge in [0.15, 0.2) is 5.76 Å². The molecule has 0 saturated heterocycles. The maximum absolute atomic E-state index is 11.4. The summed E-state index contributed by atoms with van der Waals surface area (Å²) in [5.41, 5.74) is 9.32. The summed E-state index contributed by atoms with van der Waals surface area (Å²) in [6.45, 7) is 1.67. The van der Waals surface area contributed by atoms with Gasteiger partial charge < -0.3 is 10.2 Å². The molecule has 0 aliphatic rings. The molecule has 1 aromatic rings. The minimum atomic E-state index is -0.565. The number of carbonyl (C=O) groups is 3. The van der Waals surface area contributed by atoms with Crippen LogP contribution in [0.15, 0.2) is 22.8 Å². The molecule has 0 spiro atoms. The number of nitrogens with two attached hydrogens (primary N) is 1. The zero-order valence-electron chi connectivity index (χ0n) is 9.80. The summed E-state index contributed by atoms with van der Waals surface area (Å²) in [7, 11) is 0. The molecule has 7 heteroatoms. The smallest absolute Gasteiger partial charge is 0.305 e. The molecule has 0 saturated carbocycles. The number of hydrazine groups is 1. The number of hydrogen-bond acceptors (Lipinski definition) is 4. The first-order chi connectivity index (χ1) is 8.49. The van der Waals surface area contributed by atoms with Gasteiger partial charge in [0.2, 0.25) is 11.8 Å². The molecule has 1 atom stereocenters. The normalized spacial score (nSPS) is 11.6. The van der Waals surface area contributed by atoms with Crippen molar-refractivity contribution in [2.45, 2.75) is 13.3 Å². The van der Waals surface area contributed by atoms with E-state index >= 15 is 0 Å². The lowest BCUT2D eigenvalue weighted by Gasteiger charge is -2.09. The highest BCUT2D eigenvalue weighted by atomic mass is 16.3. The van der Waals surface area contributed by atoms with Gasteiger partial charge in [-0.15, -0.1) is 0 Å². The van der Waals surface area contributed by atoms with E-state index in [-0.39, 0.29) is 18.1 Å². The van der Waals surface area contributed by atoms with E-state index < -0.39 is 17.7 Å². The zero-order chi connectivity index (χ0) is 13.5. The highest BCUT2D eigenvalue weighted by Crippen LogP contribution is 2.04. The van der Waals surface area contributed by atoms with E-state index in [1.807, 2.05) is 0 Å². The Morgan fingerprint density at radius 2 is 2.17 bits per heavy atom. The third-order valence-electron chi connectivity index (χ3n) is 2.00. The Balaban J connectivity index is 2.29. The third-order valence-corrected chi connectivity index (χ3v) is 2.00. The van der Waals surface area contributed by atoms with E-state index in [1.165, 1.54) is 18.8 Å². The zero-order valence-corrected chi connectivity index (χ0v) is 9.80. The topological polar surface area (TPSA) is 114 Å². The SMILES string of the molecule is C[C@@H]([CH]C(=O)NNC(=O)c1ccco1)CC(N)=O. The number of nitrogens with one attached hydrogen (secondary N) is 2. The van der Waals surface area contributed by atoms with Crippen LogP contribution in [0.5, 0.6) is 0 Å². The molecule has 1 heterocycles. The number of primary amides is 1. The second-order valence-corrected chi connectivity index (χ2v) is 3.74. The van der Waals surface area contributed by atoms with Gasteiger partial charge in [-0.2, -0.15) is 0 Å². The maximum Gasteiger partial charge on any atom is 0.305 e. The summed E-state index contributed by atoms with van der Waals surface area (Å²) in [4.78, 5) is 33.3. The van der Waals surface area contributed by atoms with E-state index in [1.54, 1.807) is 13.0 Å². The van der Waals surface area contributed by atoms with Gasteiger partial charge in [-0.05, 0) is 18.1 Å². The molecular formula is C11H14N3O4. The minimum absolute atomic E-state index is 0.0690. The molecule has 1 aromatic heterocycles. The summed E-state index contributed by atoms with van der Waals surface area (Å²) >= 11 is 0. The molecule has 97 valence electrons. The van der Waals surface area contributed by atoms with Crippen LogP contribution in [0, 0.1) is 12.3 Å². The Bertz CT molecular complexity index is 428. The summed E-state index contributed by atoms with van der Waals surface area (Å²) < 4.78 is 4.83. The first kappa shape index (κ1) is 13.8. The average molecular weight is 252 g/mol. The number of rotatable bonds is 5. The number of furan rings is 1. The van der Waals surface area contributed by atoms with Crippen LogP contribution in [0.1, 0.15) is 23.9 Å². The molecular weight excluding hydrogens is 238 g/mol. The standard InChI is InChI=1S/C11H14N3O4/c1-7(5-9(12)15)6-10(16)13-14-11(17)8-3-2-4-18-8/h2-4,6-7H,5H2,1H3,(H2,12,15)(H,13,16)(H,14,17)/t7-/m1/s1. The van der Waals surface area contributed by atoms with E-state index in [0.29, 0.717) is 0 Å². The molecule has 1 radical (unpaired) electrons. The van der Waals surface area contributed by atoms with Gasteiger partial charge in [-0.1, -0.05) is 6.92 Å². The molecule has 7 nitrogen and oxygen atoms in total. The molecule has 0 aliphatic carbocycles. The van der Waals surface area contributed by atoms with Crippen molar-refractivity contribution >= 4 is 17.7 Å². The van der Waals surface area contributed by atoms with Crippen LogP contribution in [-0.2, 0) is 9.59 Å². The molecule has 18 heavy (non-hydrogen) atoms. The molecule has 0 unspecified atom stereocenters. The quantitative estimate of drug-likeness (QED) is 0.627. The maximum atomic E-state index is 11.4. The lowest BCUT2D eigenvalue weighted by atomic mass is 10.0. The Morgan fingerprint density at radius 1 is 1.44 bits per heavy atom. The second kappa shape index (κ2) is 6.43. The van der Waals surface area contributed by atoms with Crippen LogP contribution >= 0.6 is 0 Å². The molecule has 1 rings (SSSR count). The van der Waals surface area contributed by atoms with Crippen molar-refractivity contribution in [3.63, 3.8) is 0 Å². The molecule has 0 bridgehead atoms. The monoisotopic (exact) mass is 252 g/mol. The number of carbonyl (C=O) groups excluding carboxylic acids is 3. The van der Waals surface area contributed by atoms with Gasteiger partial charge in [-0.25, -0.2) is 0 Å². The van der Waals surface area contributed by atoms with Gasteiger partial charge in [0.05, 0.1) is 12.7 Å². The fourth-order valence-electron chi connectivity index (χ4n) is 1.26. The van der Waals surface area contributed by atoms with Gasteiger partial charge in [0.1, 0.15) is 0 Å². The molecule has 0 fully saturated rings. The summed E-state index contributed by atoms with van der Waals surface area (Å²) in [5, 5.41) is 0. The van der Waals surface area contributed by atoms with Crippen molar-refractivity contribution in [2.24, 2.45) is 11.7 Å². The lowest BCUT2D eigenvalue weighted by Crippen LogP contribution is -2.42. The Labute approximate surface area is 104 Å². The summed E-state index contributed by atoms with van der Waals surface area (Å²) in [6, 6.07) is 3.01. The Morgan fingerprint density at radius 3 is 2.72 bits per heavy atom. The van der Waals surface area contributed by atoms with E-state index in [9.17, 15) is 14.4 Å². The van der Waals surface area contributed by atoms with Crippen LogP contribution in [-0.4, -0.2) is 17.7 Å². The highest BCUT2D eigenvalue weighted by Gasteiger charge is 2.14. The van der Waals surface area contributed by atoms with E-state index in [2.05, 4.69) is 10.9 Å². The first-order valence-electron chi connectivity index (χ1n) is 5.26. The fraction of sp³-hybridized carbons (Fsp3) is 0.273. The molecule has 3 amide bonds. The molecule has 0 aliphatic heterocycles. The van der Waals surface area contributed by atoms with Crippen molar-refractivity contribution < 1.29 is 18.8 Å². The van der Waals surface area contributed by atoms with E-state index in [0.717, 1.165) is 0 Å². The van der Waals surface area contributed by atoms with Crippen LogP contribution in [0.3, 0.4) is 0 Å². The van der Waals surface area contributed by atoms with Gasteiger partial charge in [0, 0.05) is 6.42 Å². The van der Waals surface area contributed by atoms with E-state index in [4.69, 9.17) is 10.2 Å². The van der Waals surface area contributed by atoms with Gasteiger partial charge in [0.25, 0.3) is 0 Å². The van der Waals surface area contributed by atoms with Crippen LogP contribution in [0.25, 0.3) is 0 Å². The van der Waals surface area contributed by atoms with Crippen molar-refractivity contribution in [2.75, 3.05) is 0 Å². The van der Waals surface area contributed by atoms with Crippen molar-refractivity contribution in [3.8, 4) is 0 Å². The lowest BCUT2D eigenvalue weighted by molar-refractivity contribution is -0.120.